The number of carbonyl (C=O) groups excluding carboxylic acids is 1. The van der Waals surface area contributed by atoms with E-state index in [4.69, 9.17) is 4.74 Å². The lowest BCUT2D eigenvalue weighted by Crippen LogP contribution is -2.38. The number of aliphatic hydroxyl groups excluding tert-OH is 1. The monoisotopic (exact) mass is 340 g/mol. The number of hydrogen-bond acceptors (Lipinski definition) is 5. The van der Waals surface area contributed by atoms with E-state index >= 15 is 0 Å². The van der Waals surface area contributed by atoms with Crippen LogP contribution in [0.15, 0.2) is 23.1 Å². The Kier molecular flexibility index (Phi) is 4.31. The van der Waals surface area contributed by atoms with Crippen LogP contribution in [0.5, 0.6) is 5.75 Å². The van der Waals surface area contributed by atoms with Crippen LogP contribution in [0.25, 0.3) is 0 Å². The van der Waals surface area contributed by atoms with Crippen LogP contribution in [0.4, 0.5) is 5.69 Å². The Morgan fingerprint density at radius 1 is 1.26 bits per heavy atom. The fourth-order valence-corrected chi connectivity index (χ4v) is 4.15. The highest BCUT2D eigenvalue weighted by molar-refractivity contribution is 7.89. The minimum Gasteiger partial charge on any atom is -0.479 e. The molecule has 1 fully saturated rings. The molecule has 1 aromatic rings. The molecular weight excluding hydrogens is 320 g/mol. The summed E-state index contributed by atoms with van der Waals surface area (Å²) in [4.78, 5) is 11.6. The first-order valence-corrected chi connectivity index (χ1v) is 9.15. The van der Waals surface area contributed by atoms with E-state index in [-0.39, 0.29) is 22.9 Å². The van der Waals surface area contributed by atoms with Crippen molar-refractivity contribution in [1.82, 2.24) is 4.72 Å². The molecule has 2 aliphatic rings. The summed E-state index contributed by atoms with van der Waals surface area (Å²) in [5.41, 5.74) is 0.466. The van der Waals surface area contributed by atoms with E-state index in [0.717, 1.165) is 0 Å². The molecule has 0 radical (unpaired) electrons. The molecule has 1 aromatic carbocycles. The van der Waals surface area contributed by atoms with Gasteiger partial charge in [-0.1, -0.05) is 0 Å². The van der Waals surface area contributed by atoms with Gasteiger partial charge >= 0.3 is 0 Å². The minimum atomic E-state index is -3.67. The summed E-state index contributed by atoms with van der Waals surface area (Å²) in [6.07, 6.45) is 1.45. The summed E-state index contributed by atoms with van der Waals surface area (Å²) in [5, 5.41) is 12.2. The fourth-order valence-electron chi connectivity index (χ4n) is 2.83. The number of benzene rings is 1. The molecule has 1 aliphatic heterocycles. The molecule has 3 N–H and O–H groups in total. The molecule has 1 saturated carbocycles. The Hall–Kier alpha value is -1.64. The van der Waals surface area contributed by atoms with Gasteiger partial charge in [-0.05, 0) is 44.7 Å². The van der Waals surface area contributed by atoms with Gasteiger partial charge in [-0.25, -0.2) is 13.1 Å². The van der Waals surface area contributed by atoms with E-state index in [1.807, 2.05) is 0 Å². The van der Waals surface area contributed by atoms with Gasteiger partial charge < -0.3 is 15.2 Å². The third kappa shape index (κ3) is 3.49. The van der Waals surface area contributed by atoms with Gasteiger partial charge in [-0.3, -0.25) is 4.79 Å². The van der Waals surface area contributed by atoms with Crippen molar-refractivity contribution in [3.8, 4) is 5.75 Å². The molecule has 1 heterocycles. The van der Waals surface area contributed by atoms with Crippen molar-refractivity contribution in [3.05, 3.63) is 18.2 Å². The SMILES string of the molecule is C[C@H]1Oc2cc(S(=O)(=O)NC3CCC(O)CC3)ccc2NC1=O. The van der Waals surface area contributed by atoms with Crippen molar-refractivity contribution in [2.75, 3.05) is 5.32 Å². The normalized spacial score (nSPS) is 27.7. The number of ether oxygens (including phenoxy) is 1. The van der Waals surface area contributed by atoms with Crippen LogP contribution in [-0.2, 0) is 14.8 Å². The molecule has 1 amide bonds. The summed E-state index contributed by atoms with van der Waals surface area (Å²) in [5.74, 6) is 0.0889. The Balaban J connectivity index is 1.78. The van der Waals surface area contributed by atoms with Gasteiger partial charge in [0.1, 0.15) is 5.75 Å². The van der Waals surface area contributed by atoms with Gasteiger partial charge in [0.15, 0.2) is 6.10 Å². The Morgan fingerprint density at radius 3 is 2.65 bits per heavy atom. The standard InChI is InChI=1S/C15H20N2O5S/c1-9-15(19)16-13-7-6-12(8-14(13)22-9)23(20,21)17-10-2-4-11(18)5-3-10/h6-11,17-18H,2-5H2,1H3,(H,16,19)/t9-,10?,11?/m1/s1. The summed E-state index contributed by atoms with van der Waals surface area (Å²) >= 11 is 0. The molecule has 8 heteroatoms. The molecule has 3 rings (SSSR count). The van der Waals surface area contributed by atoms with Crippen molar-refractivity contribution in [2.24, 2.45) is 0 Å². The fraction of sp³-hybridized carbons (Fsp3) is 0.533. The van der Waals surface area contributed by atoms with Crippen LogP contribution in [0.2, 0.25) is 0 Å². The molecular formula is C15H20N2O5S. The lowest BCUT2D eigenvalue weighted by atomic mass is 9.94. The van der Waals surface area contributed by atoms with Gasteiger partial charge in [0, 0.05) is 12.1 Å². The Bertz CT molecular complexity index is 711. The number of anilines is 1. The molecule has 23 heavy (non-hydrogen) atoms. The molecule has 0 aromatic heterocycles. The summed E-state index contributed by atoms with van der Waals surface area (Å²) in [7, 11) is -3.67. The zero-order valence-corrected chi connectivity index (χ0v) is 13.6. The average molecular weight is 340 g/mol. The quantitative estimate of drug-likeness (QED) is 0.761. The lowest BCUT2D eigenvalue weighted by molar-refractivity contribution is -0.122. The number of aliphatic hydroxyl groups is 1. The third-order valence-corrected chi connectivity index (χ3v) is 5.73. The smallest absolute Gasteiger partial charge is 0.265 e. The zero-order chi connectivity index (χ0) is 16.6. The van der Waals surface area contributed by atoms with Gasteiger partial charge in [0.05, 0.1) is 16.7 Å². The Morgan fingerprint density at radius 2 is 1.96 bits per heavy atom. The first kappa shape index (κ1) is 16.2. The molecule has 0 bridgehead atoms. The first-order valence-electron chi connectivity index (χ1n) is 7.67. The van der Waals surface area contributed by atoms with Gasteiger partial charge in [-0.2, -0.15) is 0 Å². The lowest BCUT2D eigenvalue weighted by Gasteiger charge is -2.26. The maximum atomic E-state index is 12.5. The maximum absolute atomic E-state index is 12.5. The topological polar surface area (TPSA) is 105 Å². The van der Waals surface area contributed by atoms with Crippen molar-refractivity contribution >= 4 is 21.6 Å². The van der Waals surface area contributed by atoms with E-state index in [9.17, 15) is 18.3 Å². The molecule has 1 aliphatic carbocycles. The highest BCUT2D eigenvalue weighted by Gasteiger charge is 2.28. The number of hydrogen-bond donors (Lipinski definition) is 3. The molecule has 0 saturated heterocycles. The van der Waals surface area contributed by atoms with E-state index in [0.29, 0.717) is 37.1 Å². The van der Waals surface area contributed by atoms with E-state index in [2.05, 4.69) is 10.0 Å². The largest absolute Gasteiger partial charge is 0.479 e. The second-order valence-corrected chi connectivity index (χ2v) is 7.75. The Labute approximate surface area is 135 Å². The molecule has 7 nitrogen and oxygen atoms in total. The van der Waals surface area contributed by atoms with E-state index < -0.39 is 16.1 Å². The molecule has 126 valence electrons. The zero-order valence-electron chi connectivity index (χ0n) is 12.8. The number of amides is 1. The second-order valence-electron chi connectivity index (χ2n) is 6.03. The van der Waals surface area contributed by atoms with Crippen LogP contribution in [-0.4, -0.2) is 37.7 Å². The van der Waals surface area contributed by atoms with Crippen molar-refractivity contribution in [2.45, 2.75) is 55.8 Å². The van der Waals surface area contributed by atoms with Crippen molar-refractivity contribution in [1.29, 1.82) is 0 Å². The highest BCUT2D eigenvalue weighted by atomic mass is 32.2. The summed E-state index contributed by atoms with van der Waals surface area (Å²) in [6.45, 7) is 1.60. The number of sulfonamides is 1. The van der Waals surface area contributed by atoms with Crippen LogP contribution in [0, 0.1) is 0 Å². The van der Waals surface area contributed by atoms with Crippen LogP contribution in [0.1, 0.15) is 32.6 Å². The highest BCUT2D eigenvalue weighted by Crippen LogP contribution is 2.32. The van der Waals surface area contributed by atoms with Crippen molar-refractivity contribution in [3.63, 3.8) is 0 Å². The van der Waals surface area contributed by atoms with E-state index in [1.165, 1.54) is 18.2 Å². The number of carbonyl (C=O) groups is 1. The second kappa shape index (κ2) is 6.10. The first-order chi connectivity index (χ1) is 10.8. The van der Waals surface area contributed by atoms with Gasteiger partial charge in [-0.15, -0.1) is 0 Å². The van der Waals surface area contributed by atoms with Crippen LogP contribution in [0.3, 0.4) is 0 Å². The van der Waals surface area contributed by atoms with E-state index in [1.54, 1.807) is 6.92 Å². The summed E-state index contributed by atoms with van der Waals surface area (Å²) < 4.78 is 33.1. The maximum Gasteiger partial charge on any atom is 0.265 e. The predicted molar refractivity (Wildman–Crippen MR) is 83.7 cm³/mol. The predicted octanol–water partition coefficient (Wildman–Crippen LogP) is 0.988. The van der Waals surface area contributed by atoms with Crippen LogP contribution < -0.4 is 14.8 Å². The minimum absolute atomic E-state index is 0.103. The summed E-state index contributed by atoms with van der Waals surface area (Å²) in [6, 6.07) is 4.22. The molecule has 0 spiro atoms. The molecule has 1 atom stereocenters. The third-order valence-electron chi connectivity index (χ3n) is 4.21. The number of nitrogens with one attached hydrogen (secondary N) is 2. The average Bonchev–Trinajstić information content (AvgIpc) is 2.50. The molecule has 0 unspecified atom stereocenters. The van der Waals surface area contributed by atoms with Gasteiger partial charge in [0.25, 0.3) is 5.91 Å². The van der Waals surface area contributed by atoms with Crippen molar-refractivity contribution < 1.29 is 23.1 Å². The number of rotatable bonds is 3. The number of fused-ring (bicyclic) bond motifs is 1. The van der Waals surface area contributed by atoms with Crippen LogP contribution >= 0.6 is 0 Å². The van der Waals surface area contributed by atoms with Gasteiger partial charge in [0.2, 0.25) is 10.0 Å².